The number of anilines is 2. The smallest absolute Gasteiger partial charge is 0.241 e. The summed E-state index contributed by atoms with van der Waals surface area (Å²) in [6, 6.07) is 0. The molecule has 0 saturated heterocycles. The summed E-state index contributed by atoms with van der Waals surface area (Å²) < 4.78 is 12.1. The summed E-state index contributed by atoms with van der Waals surface area (Å²) in [4.78, 5) is 16.8. The maximum atomic E-state index is 5.28. The molecule has 0 aliphatic heterocycles. The Morgan fingerprint density at radius 1 is 1.24 bits per heavy atom. The Morgan fingerprint density at radius 3 is 2.67 bits per heavy atom. The van der Waals surface area contributed by atoms with Crippen LogP contribution in [0.3, 0.4) is 0 Å². The molecule has 1 unspecified atom stereocenters. The lowest BCUT2D eigenvalue weighted by molar-refractivity contribution is 0.0365. The van der Waals surface area contributed by atoms with E-state index in [9.17, 15) is 0 Å². The molecule has 2 aromatic heterocycles. The summed E-state index contributed by atoms with van der Waals surface area (Å²) in [5.41, 5.74) is 0. The van der Waals surface area contributed by atoms with E-state index in [1.165, 1.54) is 0 Å². The van der Waals surface area contributed by atoms with Gasteiger partial charge in [-0.3, -0.25) is 4.57 Å². The monoisotopic (exact) mass is 293 g/mol. The molecule has 0 radical (unpaired) electrons. The van der Waals surface area contributed by atoms with E-state index in [4.69, 9.17) is 9.47 Å². The van der Waals surface area contributed by atoms with Gasteiger partial charge in [-0.2, -0.15) is 15.0 Å². The molecule has 9 heteroatoms. The average molecular weight is 293 g/mol. The first-order chi connectivity index (χ1) is 10.3. The lowest BCUT2D eigenvalue weighted by atomic mass is 10.4. The van der Waals surface area contributed by atoms with Gasteiger partial charge in [0.1, 0.15) is 6.33 Å². The molecule has 2 N–H and O–H groups in total. The Morgan fingerprint density at radius 2 is 2.05 bits per heavy atom. The molecule has 2 rings (SSSR count). The van der Waals surface area contributed by atoms with Crippen LogP contribution in [0.15, 0.2) is 18.7 Å². The van der Waals surface area contributed by atoms with E-state index >= 15 is 0 Å². The number of nitrogens with zero attached hydrogens (tertiary/aromatic N) is 5. The molecule has 21 heavy (non-hydrogen) atoms. The highest BCUT2D eigenvalue weighted by Gasteiger charge is 2.10. The van der Waals surface area contributed by atoms with Gasteiger partial charge in [0.15, 0.2) is 0 Å². The van der Waals surface area contributed by atoms with E-state index in [-0.39, 0.29) is 6.10 Å². The Labute approximate surface area is 122 Å². The van der Waals surface area contributed by atoms with Gasteiger partial charge < -0.3 is 20.1 Å². The molecule has 0 aliphatic rings. The third kappa shape index (κ3) is 4.10. The summed E-state index contributed by atoms with van der Waals surface area (Å²) in [5.74, 6) is 1.41. The second-order valence-corrected chi connectivity index (χ2v) is 4.20. The van der Waals surface area contributed by atoms with E-state index in [2.05, 4.69) is 30.6 Å². The minimum atomic E-state index is -0.0819. The SMILES string of the molecule is CNc1nc(NCC(COC)OC)nc(-n2ccnc2)n1. The Kier molecular flexibility index (Phi) is 5.41. The molecule has 0 bridgehead atoms. The molecule has 0 amide bonds. The molecule has 0 fully saturated rings. The quantitative estimate of drug-likeness (QED) is 0.711. The Bertz CT molecular complexity index is 547. The third-order valence-electron chi connectivity index (χ3n) is 2.76. The molecule has 0 aromatic carbocycles. The molecule has 2 aromatic rings. The van der Waals surface area contributed by atoms with Crippen molar-refractivity contribution in [3.05, 3.63) is 18.7 Å². The summed E-state index contributed by atoms with van der Waals surface area (Å²) in [6.07, 6.45) is 4.97. The van der Waals surface area contributed by atoms with Crippen LogP contribution in [-0.4, -0.2) is 65.0 Å². The number of nitrogens with one attached hydrogen (secondary N) is 2. The van der Waals surface area contributed by atoms with Crippen molar-refractivity contribution in [2.45, 2.75) is 6.10 Å². The van der Waals surface area contributed by atoms with Crippen LogP contribution >= 0.6 is 0 Å². The molecule has 0 spiro atoms. The second kappa shape index (κ2) is 7.50. The van der Waals surface area contributed by atoms with Gasteiger partial charge in [-0.15, -0.1) is 0 Å². The van der Waals surface area contributed by atoms with Crippen LogP contribution in [0.1, 0.15) is 0 Å². The normalized spacial score (nSPS) is 12.1. The van der Waals surface area contributed by atoms with Gasteiger partial charge in [-0.25, -0.2) is 4.98 Å². The van der Waals surface area contributed by atoms with Crippen LogP contribution in [0.4, 0.5) is 11.9 Å². The zero-order valence-corrected chi connectivity index (χ0v) is 12.3. The summed E-state index contributed by atoms with van der Waals surface area (Å²) in [7, 11) is 5.01. The largest absolute Gasteiger partial charge is 0.382 e. The first kappa shape index (κ1) is 15.1. The van der Waals surface area contributed by atoms with Gasteiger partial charge in [-0.05, 0) is 0 Å². The van der Waals surface area contributed by atoms with Gasteiger partial charge >= 0.3 is 0 Å². The molecule has 9 nitrogen and oxygen atoms in total. The molecule has 114 valence electrons. The molecular formula is C12H19N7O2. The van der Waals surface area contributed by atoms with Crippen LogP contribution in [0, 0.1) is 0 Å². The van der Waals surface area contributed by atoms with Crippen molar-refractivity contribution in [2.75, 3.05) is 45.1 Å². The van der Waals surface area contributed by atoms with E-state index in [0.717, 1.165) is 0 Å². The maximum absolute atomic E-state index is 5.28. The molecule has 0 aliphatic carbocycles. The van der Waals surface area contributed by atoms with Gasteiger partial charge in [0.2, 0.25) is 17.8 Å². The van der Waals surface area contributed by atoms with Crippen molar-refractivity contribution in [3.63, 3.8) is 0 Å². The molecule has 2 heterocycles. The van der Waals surface area contributed by atoms with Crippen molar-refractivity contribution in [1.82, 2.24) is 24.5 Å². The lowest BCUT2D eigenvalue weighted by Crippen LogP contribution is -2.27. The first-order valence-corrected chi connectivity index (χ1v) is 6.44. The standard InChI is InChI=1S/C12H19N7O2/c1-13-10-16-11(15-6-9(21-3)7-20-2)18-12(17-10)19-5-4-14-8-19/h4-5,8-9H,6-7H2,1-3H3,(H2,13,15,16,17,18). The van der Waals surface area contributed by atoms with E-state index in [1.54, 1.807) is 44.6 Å². The van der Waals surface area contributed by atoms with Crippen LogP contribution in [0.2, 0.25) is 0 Å². The predicted molar refractivity (Wildman–Crippen MR) is 77.7 cm³/mol. The number of methoxy groups -OCH3 is 2. The minimum absolute atomic E-state index is 0.0819. The van der Waals surface area contributed by atoms with Crippen molar-refractivity contribution in [3.8, 4) is 5.95 Å². The van der Waals surface area contributed by atoms with Gasteiger partial charge in [0.05, 0.1) is 12.7 Å². The number of hydrogen-bond acceptors (Lipinski definition) is 8. The Balaban J connectivity index is 2.13. The van der Waals surface area contributed by atoms with Gasteiger partial charge in [0, 0.05) is 40.2 Å². The van der Waals surface area contributed by atoms with Crippen LogP contribution in [0.5, 0.6) is 0 Å². The first-order valence-electron chi connectivity index (χ1n) is 6.44. The van der Waals surface area contributed by atoms with E-state index < -0.39 is 0 Å². The number of rotatable bonds is 8. The fourth-order valence-electron chi connectivity index (χ4n) is 1.65. The average Bonchev–Trinajstić information content (AvgIpc) is 3.05. The number of imidazole rings is 1. The van der Waals surface area contributed by atoms with E-state index in [0.29, 0.717) is 31.0 Å². The highest BCUT2D eigenvalue weighted by Crippen LogP contribution is 2.09. The Hall–Kier alpha value is -2.26. The van der Waals surface area contributed by atoms with Crippen molar-refractivity contribution in [2.24, 2.45) is 0 Å². The van der Waals surface area contributed by atoms with E-state index in [1.807, 2.05) is 0 Å². The van der Waals surface area contributed by atoms with Crippen molar-refractivity contribution >= 4 is 11.9 Å². The highest BCUT2D eigenvalue weighted by atomic mass is 16.5. The summed E-state index contributed by atoms with van der Waals surface area (Å²) in [5, 5.41) is 6.02. The van der Waals surface area contributed by atoms with Crippen molar-refractivity contribution in [1.29, 1.82) is 0 Å². The van der Waals surface area contributed by atoms with Crippen LogP contribution < -0.4 is 10.6 Å². The van der Waals surface area contributed by atoms with Gasteiger partial charge in [0.25, 0.3) is 0 Å². The van der Waals surface area contributed by atoms with Crippen LogP contribution in [0.25, 0.3) is 5.95 Å². The number of ether oxygens (including phenoxy) is 2. The fourth-order valence-corrected chi connectivity index (χ4v) is 1.65. The van der Waals surface area contributed by atoms with Gasteiger partial charge in [-0.1, -0.05) is 0 Å². The van der Waals surface area contributed by atoms with Crippen LogP contribution in [-0.2, 0) is 9.47 Å². The predicted octanol–water partition coefficient (Wildman–Crippen LogP) is 0.172. The lowest BCUT2D eigenvalue weighted by Gasteiger charge is -2.15. The summed E-state index contributed by atoms with van der Waals surface area (Å²) >= 11 is 0. The maximum Gasteiger partial charge on any atom is 0.241 e. The molecular weight excluding hydrogens is 274 g/mol. The topological polar surface area (TPSA) is 99.0 Å². The third-order valence-corrected chi connectivity index (χ3v) is 2.76. The molecule has 0 saturated carbocycles. The molecule has 1 atom stereocenters. The second-order valence-electron chi connectivity index (χ2n) is 4.20. The summed E-state index contributed by atoms with van der Waals surface area (Å²) in [6.45, 7) is 1.02. The highest BCUT2D eigenvalue weighted by molar-refractivity contribution is 5.37. The van der Waals surface area contributed by atoms with Crippen molar-refractivity contribution < 1.29 is 9.47 Å². The fraction of sp³-hybridized carbons (Fsp3) is 0.500. The minimum Gasteiger partial charge on any atom is -0.382 e. The number of aromatic nitrogens is 5. The zero-order valence-electron chi connectivity index (χ0n) is 12.3. The number of hydrogen-bond donors (Lipinski definition) is 2. The zero-order chi connectivity index (χ0) is 15.1.